The van der Waals surface area contributed by atoms with Crippen LogP contribution in [-0.4, -0.2) is 28.8 Å². The predicted molar refractivity (Wildman–Crippen MR) is 96.5 cm³/mol. The standard InChI is InChI=1S/C19H23N5/c1-21-11-5-8-16-17(14-9-12-22-13-10-14)19(24-23-16)18(20)15-6-3-2-4-7-15/h2-4,6-7,9-10,12-13,18,21H,5,8,11,20H2,1H3,(H,23,24)/t18-/m1/s1. The molecule has 0 amide bonds. The zero-order valence-electron chi connectivity index (χ0n) is 13.9. The molecule has 0 radical (unpaired) electrons. The lowest BCUT2D eigenvalue weighted by molar-refractivity contribution is 0.713. The van der Waals surface area contributed by atoms with E-state index in [9.17, 15) is 0 Å². The molecular weight excluding hydrogens is 298 g/mol. The molecule has 5 nitrogen and oxygen atoms in total. The lowest BCUT2D eigenvalue weighted by Crippen LogP contribution is -2.13. The Morgan fingerprint density at radius 2 is 1.88 bits per heavy atom. The predicted octanol–water partition coefficient (Wildman–Crippen LogP) is 2.67. The molecule has 0 saturated carbocycles. The Bertz CT molecular complexity index is 752. The number of benzene rings is 1. The molecule has 4 N–H and O–H groups in total. The van der Waals surface area contributed by atoms with E-state index < -0.39 is 0 Å². The van der Waals surface area contributed by atoms with Crippen molar-refractivity contribution in [3.63, 3.8) is 0 Å². The number of pyridine rings is 1. The molecule has 24 heavy (non-hydrogen) atoms. The van der Waals surface area contributed by atoms with E-state index >= 15 is 0 Å². The van der Waals surface area contributed by atoms with E-state index in [1.54, 1.807) is 12.4 Å². The number of aryl methyl sites for hydroxylation is 1. The lowest BCUT2D eigenvalue weighted by Gasteiger charge is -2.13. The average molecular weight is 321 g/mol. The number of hydrogen-bond donors (Lipinski definition) is 3. The maximum atomic E-state index is 6.51. The molecule has 3 aromatic rings. The number of aromatic nitrogens is 3. The van der Waals surface area contributed by atoms with Gasteiger partial charge in [0.05, 0.1) is 11.7 Å². The molecule has 0 unspecified atom stereocenters. The SMILES string of the molecule is CNCCCc1[nH]nc([C@H](N)c2ccccc2)c1-c1ccncc1. The van der Waals surface area contributed by atoms with E-state index in [1.807, 2.05) is 49.5 Å². The maximum Gasteiger partial charge on any atom is 0.0915 e. The van der Waals surface area contributed by atoms with Crippen LogP contribution in [-0.2, 0) is 6.42 Å². The molecule has 0 spiro atoms. The normalized spacial score (nSPS) is 12.2. The third kappa shape index (κ3) is 3.53. The topological polar surface area (TPSA) is 79.6 Å². The van der Waals surface area contributed by atoms with Crippen molar-refractivity contribution in [2.24, 2.45) is 5.73 Å². The molecular formula is C19H23N5. The summed E-state index contributed by atoms with van der Waals surface area (Å²) in [5.41, 5.74) is 11.8. The zero-order valence-corrected chi connectivity index (χ0v) is 13.9. The third-order valence-electron chi connectivity index (χ3n) is 4.15. The molecule has 2 aromatic heterocycles. The first-order chi connectivity index (χ1) is 11.8. The monoisotopic (exact) mass is 321 g/mol. The van der Waals surface area contributed by atoms with Crippen LogP contribution >= 0.6 is 0 Å². The second kappa shape index (κ2) is 7.86. The van der Waals surface area contributed by atoms with Crippen LogP contribution in [0.3, 0.4) is 0 Å². The summed E-state index contributed by atoms with van der Waals surface area (Å²) < 4.78 is 0. The quantitative estimate of drug-likeness (QED) is 0.585. The minimum Gasteiger partial charge on any atom is -0.320 e. The number of nitrogens with zero attached hydrogens (tertiary/aromatic N) is 2. The van der Waals surface area contributed by atoms with Gasteiger partial charge < -0.3 is 11.1 Å². The van der Waals surface area contributed by atoms with E-state index in [2.05, 4.69) is 20.5 Å². The van der Waals surface area contributed by atoms with Crippen molar-refractivity contribution in [3.05, 3.63) is 71.8 Å². The van der Waals surface area contributed by atoms with E-state index in [4.69, 9.17) is 5.73 Å². The van der Waals surface area contributed by atoms with Crippen LogP contribution in [0.4, 0.5) is 0 Å². The van der Waals surface area contributed by atoms with Gasteiger partial charge in [0.15, 0.2) is 0 Å². The summed E-state index contributed by atoms with van der Waals surface area (Å²) in [6.07, 6.45) is 5.57. The first-order valence-corrected chi connectivity index (χ1v) is 8.24. The van der Waals surface area contributed by atoms with E-state index in [0.29, 0.717) is 0 Å². The van der Waals surface area contributed by atoms with Crippen LogP contribution in [0.5, 0.6) is 0 Å². The van der Waals surface area contributed by atoms with Gasteiger partial charge in [-0.05, 0) is 49.7 Å². The highest BCUT2D eigenvalue weighted by molar-refractivity contribution is 5.69. The average Bonchev–Trinajstić information content (AvgIpc) is 3.06. The number of H-pyrrole nitrogens is 1. The van der Waals surface area contributed by atoms with Gasteiger partial charge in [-0.2, -0.15) is 5.10 Å². The van der Waals surface area contributed by atoms with Gasteiger partial charge in [-0.25, -0.2) is 0 Å². The highest BCUT2D eigenvalue weighted by atomic mass is 15.1. The zero-order chi connectivity index (χ0) is 16.8. The van der Waals surface area contributed by atoms with Crippen molar-refractivity contribution >= 4 is 0 Å². The molecule has 0 aliphatic rings. The van der Waals surface area contributed by atoms with Gasteiger partial charge in [0.25, 0.3) is 0 Å². The largest absolute Gasteiger partial charge is 0.320 e. The Kier molecular flexibility index (Phi) is 5.36. The summed E-state index contributed by atoms with van der Waals surface area (Å²) in [6.45, 7) is 0.967. The smallest absolute Gasteiger partial charge is 0.0915 e. The third-order valence-corrected chi connectivity index (χ3v) is 4.15. The second-order valence-electron chi connectivity index (χ2n) is 5.79. The number of nitrogens with two attached hydrogens (primary N) is 1. The van der Waals surface area contributed by atoms with Crippen LogP contribution in [0.2, 0.25) is 0 Å². The highest BCUT2D eigenvalue weighted by Crippen LogP contribution is 2.32. The highest BCUT2D eigenvalue weighted by Gasteiger charge is 2.21. The maximum absolute atomic E-state index is 6.51. The molecule has 0 saturated heterocycles. The summed E-state index contributed by atoms with van der Waals surface area (Å²) in [5.74, 6) is 0. The summed E-state index contributed by atoms with van der Waals surface area (Å²) in [6, 6.07) is 13.8. The Morgan fingerprint density at radius 1 is 1.12 bits per heavy atom. The number of aromatic amines is 1. The van der Waals surface area contributed by atoms with Crippen molar-refractivity contribution in [1.29, 1.82) is 0 Å². The van der Waals surface area contributed by atoms with Gasteiger partial charge in [-0.3, -0.25) is 10.1 Å². The summed E-state index contributed by atoms with van der Waals surface area (Å²) >= 11 is 0. The van der Waals surface area contributed by atoms with E-state index in [1.165, 1.54) is 0 Å². The molecule has 1 aromatic carbocycles. The minimum absolute atomic E-state index is 0.260. The molecule has 0 bridgehead atoms. The van der Waals surface area contributed by atoms with Gasteiger partial charge in [-0.15, -0.1) is 0 Å². The molecule has 0 aliphatic heterocycles. The molecule has 3 rings (SSSR count). The fourth-order valence-electron chi connectivity index (χ4n) is 2.90. The Hall–Kier alpha value is -2.50. The molecule has 2 heterocycles. The molecule has 0 fully saturated rings. The fourth-order valence-corrected chi connectivity index (χ4v) is 2.90. The Morgan fingerprint density at radius 3 is 2.58 bits per heavy atom. The molecule has 124 valence electrons. The summed E-state index contributed by atoms with van der Waals surface area (Å²) in [5, 5.41) is 10.9. The van der Waals surface area contributed by atoms with Crippen molar-refractivity contribution in [3.8, 4) is 11.1 Å². The van der Waals surface area contributed by atoms with Gasteiger partial charge in [0.2, 0.25) is 0 Å². The van der Waals surface area contributed by atoms with Crippen molar-refractivity contribution in [2.75, 3.05) is 13.6 Å². The molecule has 1 atom stereocenters. The van der Waals surface area contributed by atoms with E-state index in [-0.39, 0.29) is 6.04 Å². The van der Waals surface area contributed by atoms with Crippen LogP contribution in [0.25, 0.3) is 11.1 Å². The minimum atomic E-state index is -0.260. The molecule has 0 aliphatic carbocycles. The van der Waals surface area contributed by atoms with Gasteiger partial charge in [0.1, 0.15) is 0 Å². The number of nitrogens with one attached hydrogen (secondary N) is 2. The fraction of sp³-hybridized carbons (Fsp3) is 0.263. The van der Waals surface area contributed by atoms with Crippen LogP contribution in [0, 0.1) is 0 Å². The Balaban J connectivity index is 2.00. The van der Waals surface area contributed by atoms with Crippen molar-refractivity contribution in [1.82, 2.24) is 20.5 Å². The summed E-state index contributed by atoms with van der Waals surface area (Å²) in [4.78, 5) is 4.12. The summed E-state index contributed by atoms with van der Waals surface area (Å²) in [7, 11) is 1.97. The second-order valence-corrected chi connectivity index (χ2v) is 5.79. The van der Waals surface area contributed by atoms with E-state index in [0.717, 1.165) is 47.5 Å². The lowest BCUT2D eigenvalue weighted by atomic mass is 9.95. The first-order valence-electron chi connectivity index (χ1n) is 8.24. The van der Waals surface area contributed by atoms with Crippen molar-refractivity contribution < 1.29 is 0 Å². The molecule has 5 heteroatoms. The van der Waals surface area contributed by atoms with Gasteiger partial charge >= 0.3 is 0 Å². The van der Waals surface area contributed by atoms with Crippen LogP contribution in [0.15, 0.2) is 54.9 Å². The number of hydrogen-bond acceptors (Lipinski definition) is 4. The van der Waals surface area contributed by atoms with Crippen LogP contribution < -0.4 is 11.1 Å². The first kappa shape index (κ1) is 16.4. The van der Waals surface area contributed by atoms with Gasteiger partial charge in [-0.1, -0.05) is 30.3 Å². The van der Waals surface area contributed by atoms with Crippen LogP contribution in [0.1, 0.15) is 29.4 Å². The number of rotatable bonds is 7. The Labute approximate surface area is 142 Å². The van der Waals surface area contributed by atoms with Gasteiger partial charge in [0, 0.05) is 23.7 Å². The van der Waals surface area contributed by atoms with Crippen molar-refractivity contribution in [2.45, 2.75) is 18.9 Å².